The van der Waals surface area contributed by atoms with Gasteiger partial charge in [0, 0.05) is 28.0 Å². The van der Waals surface area contributed by atoms with E-state index >= 15 is 0 Å². The van der Waals surface area contributed by atoms with Crippen LogP contribution in [0.25, 0.3) is 11.4 Å². The van der Waals surface area contributed by atoms with E-state index in [9.17, 15) is 9.59 Å². The minimum Gasteiger partial charge on any atom is -0.484 e. The van der Waals surface area contributed by atoms with Crippen LogP contribution in [-0.2, 0) is 4.79 Å². The Morgan fingerprint density at radius 1 is 1.19 bits per heavy atom. The number of rotatable bonds is 5. The molecular formula is C20H18ClN3O3. The summed E-state index contributed by atoms with van der Waals surface area (Å²) in [7, 11) is 0. The summed E-state index contributed by atoms with van der Waals surface area (Å²) >= 11 is 5.97. The van der Waals surface area contributed by atoms with Gasteiger partial charge in [-0.1, -0.05) is 23.7 Å². The second kappa shape index (κ2) is 8.05. The number of hydrogen-bond acceptors (Lipinski definition) is 4. The van der Waals surface area contributed by atoms with Gasteiger partial charge in [0.2, 0.25) is 0 Å². The van der Waals surface area contributed by atoms with Crippen molar-refractivity contribution in [1.82, 2.24) is 9.97 Å². The Balaban J connectivity index is 1.67. The molecule has 1 heterocycles. The van der Waals surface area contributed by atoms with E-state index in [0.29, 0.717) is 33.5 Å². The van der Waals surface area contributed by atoms with Gasteiger partial charge in [-0.05, 0) is 49.7 Å². The van der Waals surface area contributed by atoms with Gasteiger partial charge in [0.15, 0.2) is 6.61 Å². The number of H-pyrrole nitrogens is 1. The van der Waals surface area contributed by atoms with Crippen LogP contribution >= 0.6 is 11.6 Å². The monoisotopic (exact) mass is 383 g/mol. The number of hydrogen-bond donors (Lipinski definition) is 2. The van der Waals surface area contributed by atoms with E-state index in [4.69, 9.17) is 16.3 Å². The van der Waals surface area contributed by atoms with Crippen molar-refractivity contribution in [3.8, 4) is 17.1 Å². The molecule has 0 bridgehead atoms. The van der Waals surface area contributed by atoms with Gasteiger partial charge in [-0.3, -0.25) is 9.59 Å². The highest BCUT2D eigenvalue weighted by atomic mass is 35.5. The fraction of sp³-hybridized carbons (Fsp3) is 0.150. The fourth-order valence-electron chi connectivity index (χ4n) is 2.51. The van der Waals surface area contributed by atoms with Crippen LogP contribution in [0.2, 0.25) is 5.02 Å². The number of benzene rings is 2. The van der Waals surface area contributed by atoms with Crippen LogP contribution in [-0.4, -0.2) is 22.5 Å². The molecule has 1 amide bonds. The van der Waals surface area contributed by atoms with Crippen molar-refractivity contribution in [2.45, 2.75) is 13.8 Å². The molecule has 2 aromatic carbocycles. The average molecular weight is 384 g/mol. The van der Waals surface area contributed by atoms with Gasteiger partial charge in [-0.25, -0.2) is 4.98 Å². The molecule has 27 heavy (non-hydrogen) atoms. The highest BCUT2D eigenvalue weighted by Crippen LogP contribution is 2.21. The number of aromatic amines is 1. The number of carbonyl (C=O) groups excluding carboxylic acids is 1. The van der Waals surface area contributed by atoms with Crippen molar-refractivity contribution < 1.29 is 9.53 Å². The van der Waals surface area contributed by atoms with Crippen LogP contribution in [0.3, 0.4) is 0 Å². The maximum absolute atomic E-state index is 12.2. The molecule has 3 rings (SSSR count). The van der Waals surface area contributed by atoms with Gasteiger partial charge in [-0.2, -0.15) is 0 Å². The number of halogens is 1. The minimum absolute atomic E-state index is 0.134. The molecular weight excluding hydrogens is 366 g/mol. The van der Waals surface area contributed by atoms with Gasteiger partial charge in [0.1, 0.15) is 11.6 Å². The average Bonchev–Trinajstić information content (AvgIpc) is 2.62. The molecule has 0 aliphatic rings. The molecule has 3 aromatic rings. The molecule has 138 valence electrons. The number of anilines is 1. The first-order valence-corrected chi connectivity index (χ1v) is 8.66. The molecule has 0 saturated carbocycles. The first-order valence-electron chi connectivity index (χ1n) is 8.28. The molecule has 0 unspecified atom stereocenters. The Labute approximate surface area is 161 Å². The van der Waals surface area contributed by atoms with Gasteiger partial charge in [-0.15, -0.1) is 0 Å². The van der Waals surface area contributed by atoms with Crippen molar-refractivity contribution in [3.05, 3.63) is 75.2 Å². The minimum atomic E-state index is -0.301. The molecule has 2 N–H and O–H groups in total. The summed E-state index contributed by atoms with van der Waals surface area (Å²) in [5.74, 6) is 0.719. The summed E-state index contributed by atoms with van der Waals surface area (Å²) in [6.07, 6.45) is 0. The number of amides is 1. The normalized spacial score (nSPS) is 10.5. The first kappa shape index (κ1) is 18.7. The lowest BCUT2D eigenvalue weighted by atomic mass is 10.2. The molecule has 0 atom stereocenters. The van der Waals surface area contributed by atoms with Gasteiger partial charge >= 0.3 is 0 Å². The predicted octanol–water partition coefficient (Wildman–Crippen LogP) is 3.72. The number of aromatic nitrogens is 2. The Morgan fingerprint density at radius 2 is 2.00 bits per heavy atom. The number of carbonyl (C=O) groups is 1. The quantitative estimate of drug-likeness (QED) is 0.703. The summed E-state index contributed by atoms with van der Waals surface area (Å²) in [4.78, 5) is 30.8. The summed E-state index contributed by atoms with van der Waals surface area (Å²) in [5, 5.41) is 3.41. The van der Waals surface area contributed by atoms with Crippen molar-refractivity contribution in [1.29, 1.82) is 0 Å². The Kier molecular flexibility index (Phi) is 5.57. The van der Waals surface area contributed by atoms with Crippen LogP contribution in [0.5, 0.6) is 5.75 Å². The number of nitrogens with zero attached hydrogens (tertiary/aromatic N) is 1. The van der Waals surface area contributed by atoms with E-state index in [1.807, 2.05) is 6.92 Å². The van der Waals surface area contributed by atoms with E-state index in [-0.39, 0.29) is 18.1 Å². The van der Waals surface area contributed by atoms with Crippen molar-refractivity contribution in [2.24, 2.45) is 0 Å². The highest BCUT2D eigenvalue weighted by Gasteiger charge is 2.07. The summed E-state index contributed by atoms with van der Waals surface area (Å²) in [6.45, 7) is 3.48. The molecule has 0 spiro atoms. The second-order valence-corrected chi connectivity index (χ2v) is 6.47. The molecule has 6 nitrogen and oxygen atoms in total. The summed E-state index contributed by atoms with van der Waals surface area (Å²) < 4.78 is 5.49. The van der Waals surface area contributed by atoms with Gasteiger partial charge < -0.3 is 15.0 Å². The van der Waals surface area contributed by atoms with Crippen LogP contribution in [0, 0.1) is 13.8 Å². The maximum Gasteiger partial charge on any atom is 0.262 e. The third kappa shape index (κ3) is 4.95. The lowest BCUT2D eigenvalue weighted by molar-refractivity contribution is -0.118. The lowest BCUT2D eigenvalue weighted by Crippen LogP contribution is -2.20. The zero-order chi connectivity index (χ0) is 19.4. The van der Waals surface area contributed by atoms with Crippen LogP contribution in [0.15, 0.2) is 53.3 Å². The third-order valence-electron chi connectivity index (χ3n) is 3.79. The predicted molar refractivity (Wildman–Crippen MR) is 105 cm³/mol. The molecule has 0 fully saturated rings. The van der Waals surface area contributed by atoms with E-state index in [1.165, 1.54) is 6.07 Å². The van der Waals surface area contributed by atoms with Crippen LogP contribution < -0.4 is 15.6 Å². The maximum atomic E-state index is 12.2. The van der Waals surface area contributed by atoms with Crippen molar-refractivity contribution in [2.75, 3.05) is 11.9 Å². The molecule has 0 aliphatic carbocycles. The zero-order valence-corrected chi connectivity index (χ0v) is 15.6. The van der Waals surface area contributed by atoms with Crippen molar-refractivity contribution in [3.63, 3.8) is 0 Å². The van der Waals surface area contributed by atoms with Crippen molar-refractivity contribution >= 4 is 23.2 Å². The fourth-order valence-corrected chi connectivity index (χ4v) is 2.63. The second-order valence-electron chi connectivity index (χ2n) is 6.06. The Morgan fingerprint density at radius 3 is 2.74 bits per heavy atom. The molecule has 0 radical (unpaired) electrons. The number of ether oxygens (including phenoxy) is 1. The topological polar surface area (TPSA) is 84.1 Å². The van der Waals surface area contributed by atoms with Gasteiger partial charge in [0.05, 0.1) is 0 Å². The lowest BCUT2D eigenvalue weighted by Gasteiger charge is -2.10. The highest BCUT2D eigenvalue weighted by molar-refractivity contribution is 6.31. The first-order chi connectivity index (χ1) is 12.9. The van der Waals surface area contributed by atoms with Gasteiger partial charge in [0.25, 0.3) is 11.5 Å². The van der Waals surface area contributed by atoms with E-state index < -0.39 is 0 Å². The van der Waals surface area contributed by atoms with E-state index in [2.05, 4.69) is 15.3 Å². The summed E-state index contributed by atoms with van der Waals surface area (Å²) in [5.41, 5.74) is 2.55. The smallest absolute Gasteiger partial charge is 0.262 e. The number of aryl methyl sites for hydroxylation is 2. The Bertz CT molecular complexity index is 1050. The molecule has 1 aromatic heterocycles. The SMILES string of the molecule is Cc1cc(=O)[nH]c(-c2cccc(NC(=O)COc3ccc(Cl)c(C)c3)c2)n1. The largest absolute Gasteiger partial charge is 0.484 e. The molecule has 0 saturated heterocycles. The number of nitrogens with one attached hydrogen (secondary N) is 2. The Hall–Kier alpha value is -3.12. The molecule has 0 aliphatic heterocycles. The standard InChI is InChI=1S/C20H18ClN3O3/c1-12-8-16(6-7-17(12)21)27-11-19(26)23-15-5-3-4-14(10-15)20-22-13(2)9-18(25)24-20/h3-10H,11H2,1-2H3,(H,23,26)(H,22,24,25). The zero-order valence-electron chi connectivity index (χ0n) is 14.9. The van der Waals surface area contributed by atoms with E-state index in [1.54, 1.807) is 49.4 Å². The summed E-state index contributed by atoms with van der Waals surface area (Å²) in [6, 6.07) is 13.7. The van der Waals surface area contributed by atoms with E-state index in [0.717, 1.165) is 5.56 Å². The van der Waals surface area contributed by atoms with Crippen LogP contribution in [0.1, 0.15) is 11.3 Å². The molecule has 7 heteroatoms. The third-order valence-corrected chi connectivity index (χ3v) is 4.21. The van der Waals surface area contributed by atoms with Crippen LogP contribution in [0.4, 0.5) is 5.69 Å².